The monoisotopic (exact) mass is 393 g/mol. The van der Waals surface area contributed by atoms with E-state index in [2.05, 4.69) is 22.6 Å². The normalized spacial score (nSPS) is 12.3. The molecule has 0 saturated heterocycles. The summed E-state index contributed by atoms with van der Waals surface area (Å²) in [5.74, 6) is 0.432. The molecule has 0 radical (unpaired) electrons. The smallest absolute Gasteiger partial charge is 0.163 e. The van der Waals surface area contributed by atoms with Crippen molar-refractivity contribution in [1.82, 2.24) is 0 Å². The maximum atomic E-state index is 14.1. The molecule has 19 heavy (non-hydrogen) atoms. The highest BCUT2D eigenvalue weighted by Crippen LogP contribution is 2.34. The highest BCUT2D eigenvalue weighted by molar-refractivity contribution is 14.1. The third kappa shape index (κ3) is 3.01. The summed E-state index contributed by atoms with van der Waals surface area (Å²) in [7, 11) is 2.98. The van der Waals surface area contributed by atoms with E-state index in [1.807, 2.05) is 11.4 Å². The lowest BCUT2D eigenvalue weighted by molar-refractivity contribution is 0.351. The van der Waals surface area contributed by atoms with Gasteiger partial charge in [-0.3, -0.25) is 0 Å². The van der Waals surface area contributed by atoms with Crippen molar-refractivity contribution in [1.29, 1.82) is 0 Å². The van der Waals surface area contributed by atoms with Gasteiger partial charge in [0.2, 0.25) is 0 Å². The van der Waals surface area contributed by atoms with Crippen molar-refractivity contribution >= 4 is 33.9 Å². The van der Waals surface area contributed by atoms with Crippen LogP contribution in [-0.4, -0.2) is 14.2 Å². The van der Waals surface area contributed by atoms with Gasteiger partial charge in [0.15, 0.2) is 11.5 Å². The summed E-state index contributed by atoms with van der Waals surface area (Å²) >= 11 is 3.79. The molecule has 0 spiro atoms. The largest absolute Gasteiger partial charge is 0.493 e. The molecule has 0 fully saturated rings. The molecule has 1 atom stereocenters. The molecule has 0 saturated carbocycles. The van der Waals surface area contributed by atoms with E-state index in [0.29, 0.717) is 17.1 Å². The lowest BCUT2D eigenvalue weighted by Gasteiger charge is -2.15. The van der Waals surface area contributed by atoms with Gasteiger partial charge < -0.3 is 15.2 Å². The number of methoxy groups -OCH3 is 2. The summed E-state index contributed by atoms with van der Waals surface area (Å²) < 4.78 is 25.4. The van der Waals surface area contributed by atoms with E-state index < -0.39 is 11.9 Å². The second-order valence-electron chi connectivity index (χ2n) is 3.89. The van der Waals surface area contributed by atoms with Gasteiger partial charge in [0.25, 0.3) is 0 Å². The number of nitrogens with two attached hydrogens (primary N) is 1. The molecule has 0 aliphatic heterocycles. The van der Waals surface area contributed by atoms with Crippen molar-refractivity contribution in [2.75, 3.05) is 14.2 Å². The summed E-state index contributed by atoms with van der Waals surface area (Å²) in [4.78, 5) is 0. The van der Waals surface area contributed by atoms with Crippen molar-refractivity contribution in [3.8, 4) is 11.5 Å². The van der Waals surface area contributed by atoms with Crippen LogP contribution in [0.1, 0.15) is 17.2 Å². The molecular formula is C13H13FINO2S. The summed E-state index contributed by atoms with van der Waals surface area (Å²) in [6.45, 7) is 0. The van der Waals surface area contributed by atoms with E-state index >= 15 is 0 Å². The van der Waals surface area contributed by atoms with Crippen LogP contribution < -0.4 is 15.2 Å². The summed E-state index contributed by atoms with van der Waals surface area (Å²) in [5, 5.41) is 1.93. The van der Waals surface area contributed by atoms with E-state index in [1.54, 1.807) is 17.4 Å². The summed E-state index contributed by atoms with van der Waals surface area (Å²) in [6.07, 6.45) is 0. The van der Waals surface area contributed by atoms with Crippen LogP contribution in [0.2, 0.25) is 0 Å². The van der Waals surface area contributed by atoms with E-state index in [1.165, 1.54) is 20.3 Å². The topological polar surface area (TPSA) is 44.5 Å². The second-order valence-corrected chi connectivity index (χ2v) is 6.70. The molecule has 6 heteroatoms. The van der Waals surface area contributed by atoms with Crippen molar-refractivity contribution in [2.45, 2.75) is 6.04 Å². The average Bonchev–Trinajstić information content (AvgIpc) is 2.84. The van der Waals surface area contributed by atoms with Gasteiger partial charge in [-0.1, -0.05) is 0 Å². The third-order valence-corrected chi connectivity index (χ3v) is 4.59. The van der Waals surface area contributed by atoms with Gasteiger partial charge in [-0.05, 0) is 45.7 Å². The Hall–Kier alpha value is -0.860. The minimum absolute atomic E-state index is 0.357. The van der Waals surface area contributed by atoms with Crippen molar-refractivity contribution < 1.29 is 13.9 Å². The molecule has 2 rings (SSSR count). The maximum absolute atomic E-state index is 14.1. The molecule has 0 amide bonds. The van der Waals surface area contributed by atoms with Crippen LogP contribution in [0.4, 0.5) is 4.39 Å². The van der Waals surface area contributed by atoms with Crippen LogP contribution in [0.5, 0.6) is 11.5 Å². The number of hydrogen-bond donors (Lipinski definition) is 1. The van der Waals surface area contributed by atoms with Crippen LogP contribution >= 0.6 is 33.9 Å². The van der Waals surface area contributed by atoms with Crippen molar-refractivity contribution in [3.05, 3.63) is 43.4 Å². The van der Waals surface area contributed by atoms with Crippen molar-refractivity contribution in [3.63, 3.8) is 0 Å². The number of rotatable bonds is 4. The molecule has 102 valence electrons. The summed E-state index contributed by atoms with van der Waals surface area (Å²) in [6, 6.07) is 4.32. The van der Waals surface area contributed by atoms with Crippen LogP contribution in [0, 0.1) is 8.70 Å². The Morgan fingerprint density at radius 3 is 2.37 bits per heavy atom. The van der Waals surface area contributed by atoms with E-state index in [-0.39, 0.29) is 0 Å². The van der Waals surface area contributed by atoms with Crippen LogP contribution in [0.15, 0.2) is 23.6 Å². The Balaban J connectivity index is 2.44. The van der Waals surface area contributed by atoms with Crippen molar-refractivity contribution in [2.24, 2.45) is 5.73 Å². The highest BCUT2D eigenvalue weighted by Gasteiger charge is 2.18. The first-order valence-corrected chi connectivity index (χ1v) is 7.43. The molecule has 1 aromatic carbocycles. The first kappa shape index (κ1) is 14.5. The predicted molar refractivity (Wildman–Crippen MR) is 82.6 cm³/mol. The number of benzene rings is 1. The summed E-state index contributed by atoms with van der Waals surface area (Å²) in [5.41, 5.74) is 7.40. The number of thiophene rings is 1. The fourth-order valence-electron chi connectivity index (χ4n) is 1.77. The molecule has 1 heterocycles. The van der Waals surface area contributed by atoms with Crippen LogP contribution in [0.3, 0.4) is 0 Å². The van der Waals surface area contributed by atoms with Gasteiger partial charge in [-0.15, -0.1) is 11.3 Å². The highest BCUT2D eigenvalue weighted by atomic mass is 127. The van der Waals surface area contributed by atoms with Gasteiger partial charge >= 0.3 is 0 Å². The minimum Gasteiger partial charge on any atom is -0.493 e. The zero-order valence-electron chi connectivity index (χ0n) is 10.4. The van der Waals surface area contributed by atoms with Crippen LogP contribution in [-0.2, 0) is 0 Å². The molecule has 0 aliphatic rings. The zero-order valence-corrected chi connectivity index (χ0v) is 13.4. The number of hydrogen-bond acceptors (Lipinski definition) is 4. The van der Waals surface area contributed by atoms with E-state index in [4.69, 9.17) is 15.2 Å². The fourth-order valence-corrected chi connectivity index (χ4v) is 3.18. The molecular weight excluding hydrogens is 380 g/mol. The Morgan fingerprint density at radius 2 is 1.84 bits per heavy atom. The Kier molecular flexibility index (Phi) is 4.64. The molecule has 2 aromatic rings. The van der Waals surface area contributed by atoms with Crippen LogP contribution in [0.25, 0.3) is 0 Å². The Bertz CT molecular complexity index is 588. The SMILES string of the molecule is COc1cc(F)c(C(N)c2csc(I)c2)cc1OC. The standard InChI is InChI=1S/C13H13FINO2S/c1-17-10-4-8(9(14)5-11(10)18-2)13(16)7-3-12(15)19-6-7/h3-6,13H,16H2,1-2H3. The van der Waals surface area contributed by atoms with Gasteiger partial charge in [0, 0.05) is 11.6 Å². The van der Waals surface area contributed by atoms with Gasteiger partial charge in [0.1, 0.15) is 5.82 Å². The molecule has 1 unspecified atom stereocenters. The lowest BCUT2D eigenvalue weighted by atomic mass is 10.0. The van der Waals surface area contributed by atoms with Gasteiger partial charge in [-0.2, -0.15) is 0 Å². The quantitative estimate of drug-likeness (QED) is 0.809. The molecule has 0 aliphatic carbocycles. The molecule has 2 N–H and O–H groups in total. The predicted octanol–water partition coefficient (Wildman–Crippen LogP) is 3.56. The third-order valence-electron chi connectivity index (χ3n) is 2.78. The fraction of sp³-hybridized carbons (Fsp3) is 0.231. The lowest BCUT2D eigenvalue weighted by Crippen LogP contribution is -2.13. The number of ether oxygens (including phenoxy) is 2. The Morgan fingerprint density at radius 1 is 1.21 bits per heavy atom. The molecule has 3 nitrogen and oxygen atoms in total. The first-order chi connectivity index (χ1) is 9.06. The maximum Gasteiger partial charge on any atom is 0.163 e. The number of halogens is 2. The van der Waals surface area contributed by atoms with E-state index in [9.17, 15) is 4.39 Å². The first-order valence-electron chi connectivity index (χ1n) is 5.47. The Labute approximate surface area is 128 Å². The van der Waals surface area contributed by atoms with Gasteiger partial charge in [0.05, 0.1) is 23.1 Å². The molecule has 0 bridgehead atoms. The van der Waals surface area contributed by atoms with E-state index in [0.717, 1.165) is 8.45 Å². The zero-order chi connectivity index (χ0) is 14.0. The average molecular weight is 393 g/mol. The van der Waals surface area contributed by atoms with Gasteiger partial charge in [-0.25, -0.2) is 4.39 Å². The minimum atomic E-state index is -0.514. The second kappa shape index (κ2) is 6.06. The molecule has 1 aromatic heterocycles.